The van der Waals surface area contributed by atoms with Gasteiger partial charge >= 0.3 is 0 Å². The molecule has 2 rings (SSSR count). The molecule has 0 saturated heterocycles. The van der Waals surface area contributed by atoms with Gasteiger partial charge in [-0.3, -0.25) is 4.31 Å². The molecule has 0 bridgehead atoms. The first kappa shape index (κ1) is 15.7. The number of hydrogen-bond acceptors (Lipinski definition) is 5. The van der Waals surface area contributed by atoms with Gasteiger partial charge < -0.3 is 10.5 Å². The van der Waals surface area contributed by atoms with Crippen molar-refractivity contribution in [3.63, 3.8) is 0 Å². The summed E-state index contributed by atoms with van der Waals surface area (Å²) in [6, 6.07) is 9.95. The highest BCUT2D eigenvalue weighted by molar-refractivity contribution is 7.94. The van der Waals surface area contributed by atoms with Crippen LogP contribution in [0, 0.1) is 0 Å². The molecule has 1 aromatic heterocycles. The maximum atomic E-state index is 12.6. The fourth-order valence-corrected chi connectivity index (χ4v) is 4.38. The molecule has 0 unspecified atom stereocenters. The molecular formula is C13H14N2O3S3. The first-order valence-electron chi connectivity index (χ1n) is 5.89. The summed E-state index contributed by atoms with van der Waals surface area (Å²) in [5.74, 6) is 0.588. The van der Waals surface area contributed by atoms with Crippen LogP contribution in [0.25, 0.3) is 0 Å². The molecule has 0 saturated carbocycles. The van der Waals surface area contributed by atoms with Crippen molar-refractivity contribution in [2.45, 2.75) is 4.21 Å². The lowest BCUT2D eigenvalue weighted by Gasteiger charge is -2.18. The smallest absolute Gasteiger partial charge is 0.273 e. The number of nitrogens with two attached hydrogens (primary N) is 1. The molecule has 0 fully saturated rings. The van der Waals surface area contributed by atoms with Crippen molar-refractivity contribution in [3.05, 3.63) is 41.3 Å². The predicted octanol–water partition coefficient (Wildman–Crippen LogP) is 2.22. The highest BCUT2D eigenvalue weighted by atomic mass is 32.2. The molecule has 0 aliphatic heterocycles. The minimum absolute atomic E-state index is 0.186. The number of sulfonamides is 1. The van der Waals surface area contributed by atoms with Crippen LogP contribution in [0.15, 0.2) is 40.6 Å². The van der Waals surface area contributed by atoms with Gasteiger partial charge in [-0.15, -0.1) is 11.3 Å². The second-order valence-corrected chi connectivity index (χ2v) is 7.88. The monoisotopic (exact) mass is 342 g/mol. The zero-order valence-electron chi connectivity index (χ0n) is 11.4. The third kappa shape index (κ3) is 3.17. The van der Waals surface area contributed by atoms with Gasteiger partial charge in [0.25, 0.3) is 10.0 Å². The Morgan fingerprint density at radius 2 is 2.05 bits per heavy atom. The molecule has 5 nitrogen and oxygen atoms in total. The Bertz CT molecular complexity index is 768. The van der Waals surface area contributed by atoms with E-state index in [1.807, 2.05) is 0 Å². The van der Waals surface area contributed by atoms with Crippen LogP contribution < -0.4 is 14.8 Å². The van der Waals surface area contributed by atoms with Gasteiger partial charge in [0.05, 0.1) is 17.7 Å². The molecule has 0 spiro atoms. The van der Waals surface area contributed by atoms with Crippen molar-refractivity contribution in [3.8, 4) is 5.75 Å². The van der Waals surface area contributed by atoms with E-state index in [1.165, 1.54) is 24.5 Å². The number of ether oxygens (including phenoxy) is 1. The Morgan fingerprint density at radius 1 is 1.33 bits per heavy atom. The zero-order chi connectivity index (χ0) is 15.6. The molecule has 8 heteroatoms. The van der Waals surface area contributed by atoms with Gasteiger partial charge in [-0.2, -0.15) is 0 Å². The maximum absolute atomic E-state index is 12.6. The van der Waals surface area contributed by atoms with Gasteiger partial charge in [0.2, 0.25) is 0 Å². The number of rotatable bonds is 5. The van der Waals surface area contributed by atoms with E-state index in [9.17, 15) is 8.42 Å². The zero-order valence-corrected chi connectivity index (χ0v) is 13.9. The number of thiocarbonyl (C=S) groups is 1. The third-order valence-corrected chi connectivity index (χ3v) is 6.58. The van der Waals surface area contributed by atoms with Crippen LogP contribution >= 0.6 is 23.6 Å². The molecule has 112 valence electrons. The van der Waals surface area contributed by atoms with Crippen LogP contribution in [0.2, 0.25) is 0 Å². The molecule has 0 atom stereocenters. The van der Waals surface area contributed by atoms with Crippen molar-refractivity contribution in [2.75, 3.05) is 18.5 Å². The Kier molecular flexibility index (Phi) is 4.50. The summed E-state index contributed by atoms with van der Waals surface area (Å²) in [4.78, 5) is 0.758. The lowest BCUT2D eigenvalue weighted by Crippen LogP contribution is -2.25. The highest BCUT2D eigenvalue weighted by Crippen LogP contribution is 2.29. The van der Waals surface area contributed by atoms with Gasteiger partial charge in [0.15, 0.2) is 0 Å². The predicted molar refractivity (Wildman–Crippen MR) is 88.8 cm³/mol. The summed E-state index contributed by atoms with van der Waals surface area (Å²) in [5, 5.41) is 0. The first-order valence-corrected chi connectivity index (χ1v) is 8.55. The van der Waals surface area contributed by atoms with Crippen LogP contribution in [0.5, 0.6) is 5.75 Å². The van der Waals surface area contributed by atoms with Crippen LogP contribution in [0.1, 0.15) is 4.88 Å². The van der Waals surface area contributed by atoms with Crippen LogP contribution in [0.3, 0.4) is 0 Å². The molecule has 1 aromatic carbocycles. The molecule has 0 radical (unpaired) electrons. The van der Waals surface area contributed by atoms with Gasteiger partial charge in [-0.05, 0) is 24.3 Å². The van der Waals surface area contributed by atoms with Crippen LogP contribution in [0.4, 0.5) is 5.69 Å². The average molecular weight is 342 g/mol. The number of benzene rings is 1. The molecule has 0 aliphatic carbocycles. The van der Waals surface area contributed by atoms with E-state index in [4.69, 9.17) is 22.7 Å². The Balaban J connectivity index is 2.39. The van der Waals surface area contributed by atoms with Gasteiger partial charge in [-0.1, -0.05) is 18.3 Å². The normalized spacial score (nSPS) is 11.1. The summed E-state index contributed by atoms with van der Waals surface area (Å²) >= 11 is 5.91. The van der Waals surface area contributed by atoms with Crippen molar-refractivity contribution in [1.82, 2.24) is 0 Å². The molecule has 2 N–H and O–H groups in total. The number of methoxy groups -OCH3 is 1. The van der Waals surface area contributed by atoms with Gasteiger partial charge in [-0.25, -0.2) is 8.42 Å². The maximum Gasteiger partial charge on any atom is 0.273 e. The quantitative estimate of drug-likeness (QED) is 0.844. The standard InChI is InChI=1S/C13H14N2O3S3/c1-15(9-4-3-5-10(8-9)18-2)21(16,17)12-7-6-11(20-12)13(14)19/h3-8H,1-2H3,(H2,14,19). The molecule has 21 heavy (non-hydrogen) atoms. The summed E-state index contributed by atoms with van der Waals surface area (Å²) in [6.45, 7) is 0. The van der Waals surface area contributed by atoms with E-state index < -0.39 is 10.0 Å². The minimum atomic E-state index is -3.65. The summed E-state index contributed by atoms with van der Waals surface area (Å²) in [7, 11) is -0.629. The van der Waals surface area contributed by atoms with Crippen LogP contribution in [-0.4, -0.2) is 27.6 Å². The van der Waals surface area contributed by atoms with E-state index in [0.717, 1.165) is 11.3 Å². The Morgan fingerprint density at radius 3 is 2.62 bits per heavy atom. The van der Waals surface area contributed by atoms with E-state index in [-0.39, 0.29) is 9.20 Å². The van der Waals surface area contributed by atoms with E-state index >= 15 is 0 Å². The SMILES string of the molecule is COc1cccc(N(C)S(=O)(=O)c2ccc(C(N)=S)s2)c1. The van der Waals surface area contributed by atoms with E-state index in [2.05, 4.69) is 0 Å². The Labute approximate surface area is 133 Å². The van der Waals surface area contributed by atoms with E-state index in [0.29, 0.717) is 16.3 Å². The van der Waals surface area contributed by atoms with E-state index in [1.54, 1.807) is 30.3 Å². The number of nitrogens with zero attached hydrogens (tertiary/aromatic N) is 1. The second-order valence-electron chi connectivity index (χ2n) is 4.16. The number of anilines is 1. The summed E-state index contributed by atoms with van der Waals surface area (Å²) < 4.78 is 31.7. The fourth-order valence-electron chi connectivity index (χ4n) is 1.67. The lowest BCUT2D eigenvalue weighted by atomic mass is 10.3. The highest BCUT2D eigenvalue weighted by Gasteiger charge is 2.24. The number of hydrogen-bond donors (Lipinski definition) is 1. The minimum Gasteiger partial charge on any atom is -0.497 e. The molecular weight excluding hydrogens is 328 g/mol. The Hall–Kier alpha value is -1.64. The molecule has 1 heterocycles. The van der Waals surface area contributed by atoms with Crippen molar-refractivity contribution < 1.29 is 13.2 Å². The summed E-state index contributed by atoms with van der Waals surface area (Å²) in [6.07, 6.45) is 0. The first-order chi connectivity index (χ1) is 9.86. The average Bonchev–Trinajstić information content (AvgIpc) is 2.97. The molecule has 0 amide bonds. The third-order valence-electron chi connectivity index (χ3n) is 2.86. The largest absolute Gasteiger partial charge is 0.497 e. The fraction of sp³-hybridized carbons (Fsp3) is 0.154. The molecule has 2 aromatic rings. The van der Waals surface area contributed by atoms with Gasteiger partial charge in [0.1, 0.15) is 14.9 Å². The lowest BCUT2D eigenvalue weighted by molar-refractivity contribution is 0.415. The number of thiophene rings is 1. The van der Waals surface area contributed by atoms with Crippen molar-refractivity contribution in [2.24, 2.45) is 5.73 Å². The molecule has 0 aliphatic rings. The van der Waals surface area contributed by atoms with Crippen LogP contribution in [-0.2, 0) is 10.0 Å². The second kappa shape index (κ2) is 6.00. The summed E-state index contributed by atoms with van der Waals surface area (Å²) in [5.41, 5.74) is 6.03. The van der Waals surface area contributed by atoms with Crippen molar-refractivity contribution in [1.29, 1.82) is 0 Å². The van der Waals surface area contributed by atoms with Crippen molar-refractivity contribution >= 4 is 44.3 Å². The topological polar surface area (TPSA) is 72.6 Å². The van der Waals surface area contributed by atoms with Gasteiger partial charge in [0, 0.05) is 13.1 Å².